The summed E-state index contributed by atoms with van der Waals surface area (Å²) in [7, 11) is 1.64. The van der Waals surface area contributed by atoms with Gasteiger partial charge in [0.1, 0.15) is 11.8 Å². The monoisotopic (exact) mass is 262 g/mol. The van der Waals surface area contributed by atoms with Gasteiger partial charge in [-0.25, -0.2) is 0 Å². The van der Waals surface area contributed by atoms with Crippen LogP contribution in [0.25, 0.3) is 22.2 Å². The minimum atomic E-state index is 0.660. The van der Waals surface area contributed by atoms with E-state index in [0.717, 1.165) is 33.5 Å². The zero-order chi connectivity index (χ0) is 14.1. The molecule has 20 heavy (non-hydrogen) atoms. The quantitative estimate of drug-likeness (QED) is 0.758. The Balaban J connectivity index is 2.34. The van der Waals surface area contributed by atoms with Gasteiger partial charge in [-0.2, -0.15) is 5.26 Å². The molecular weight excluding hydrogens is 248 g/mol. The van der Waals surface area contributed by atoms with E-state index in [0.29, 0.717) is 5.56 Å². The summed E-state index contributed by atoms with van der Waals surface area (Å²) in [5.41, 5.74) is 4.48. The van der Waals surface area contributed by atoms with Crippen molar-refractivity contribution in [3.8, 4) is 23.1 Å². The van der Waals surface area contributed by atoms with Crippen LogP contribution in [0, 0.1) is 18.3 Å². The normalized spacial score (nSPS) is 10.4. The van der Waals surface area contributed by atoms with Crippen molar-refractivity contribution in [2.45, 2.75) is 6.92 Å². The summed E-state index contributed by atoms with van der Waals surface area (Å²) < 4.78 is 5.39. The third-order valence-corrected chi connectivity index (χ3v) is 3.44. The van der Waals surface area contributed by atoms with Crippen LogP contribution in [-0.2, 0) is 0 Å². The van der Waals surface area contributed by atoms with Crippen LogP contribution in [0.1, 0.15) is 11.1 Å². The highest BCUT2D eigenvalue weighted by molar-refractivity contribution is 5.94. The van der Waals surface area contributed by atoms with E-state index in [2.05, 4.69) is 11.1 Å². The van der Waals surface area contributed by atoms with Gasteiger partial charge in [-0.15, -0.1) is 0 Å². The van der Waals surface area contributed by atoms with E-state index in [4.69, 9.17) is 4.74 Å². The van der Waals surface area contributed by atoms with E-state index in [1.807, 2.05) is 49.4 Å². The summed E-state index contributed by atoms with van der Waals surface area (Å²) in [4.78, 5) is 3.33. The summed E-state index contributed by atoms with van der Waals surface area (Å²) >= 11 is 0. The summed E-state index contributed by atoms with van der Waals surface area (Å²) in [5.74, 6) is 0.757. The van der Waals surface area contributed by atoms with Crippen molar-refractivity contribution in [1.29, 1.82) is 5.26 Å². The van der Waals surface area contributed by atoms with Crippen molar-refractivity contribution in [3.63, 3.8) is 0 Å². The molecule has 0 bridgehead atoms. The molecule has 98 valence electrons. The summed E-state index contributed by atoms with van der Waals surface area (Å²) in [5, 5.41) is 10.5. The Morgan fingerprint density at radius 1 is 1.15 bits per heavy atom. The molecule has 0 fully saturated rings. The van der Waals surface area contributed by atoms with E-state index in [9.17, 15) is 5.26 Å². The largest absolute Gasteiger partial charge is 0.496 e. The van der Waals surface area contributed by atoms with Crippen LogP contribution in [0.15, 0.2) is 42.5 Å². The Morgan fingerprint density at radius 3 is 2.70 bits per heavy atom. The van der Waals surface area contributed by atoms with Gasteiger partial charge in [0.25, 0.3) is 0 Å². The Morgan fingerprint density at radius 2 is 1.95 bits per heavy atom. The van der Waals surface area contributed by atoms with Gasteiger partial charge in [0, 0.05) is 16.5 Å². The SMILES string of the molecule is COc1ccccc1-c1[nH]c2ccc(C)cc2c1C#N. The average Bonchev–Trinajstić information content (AvgIpc) is 2.84. The maximum atomic E-state index is 9.51. The first-order valence-corrected chi connectivity index (χ1v) is 6.40. The molecule has 3 heteroatoms. The van der Waals surface area contributed by atoms with E-state index in [1.54, 1.807) is 7.11 Å². The molecule has 0 spiro atoms. The molecule has 3 rings (SSSR count). The summed E-state index contributed by atoms with van der Waals surface area (Å²) in [6, 6.07) is 16.1. The smallest absolute Gasteiger partial charge is 0.128 e. The molecule has 1 heterocycles. The van der Waals surface area contributed by atoms with Crippen molar-refractivity contribution < 1.29 is 4.74 Å². The number of benzene rings is 2. The fourth-order valence-electron chi connectivity index (χ4n) is 2.48. The Labute approximate surface area is 117 Å². The zero-order valence-corrected chi connectivity index (χ0v) is 11.4. The number of para-hydroxylation sites is 1. The number of H-pyrrole nitrogens is 1. The van der Waals surface area contributed by atoms with Gasteiger partial charge >= 0.3 is 0 Å². The van der Waals surface area contributed by atoms with Crippen molar-refractivity contribution in [2.24, 2.45) is 0 Å². The fraction of sp³-hybridized carbons (Fsp3) is 0.118. The number of fused-ring (bicyclic) bond motifs is 1. The van der Waals surface area contributed by atoms with Gasteiger partial charge < -0.3 is 9.72 Å². The lowest BCUT2D eigenvalue weighted by Crippen LogP contribution is -1.89. The Kier molecular flexibility index (Phi) is 2.92. The van der Waals surface area contributed by atoms with Crippen molar-refractivity contribution in [2.75, 3.05) is 7.11 Å². The zero-order valence-electron chi connectivity index (χ0n) is 11.4. The highest BCUT2D eigenvalue weighted by Crippen LogP contribution is 2.35. The molecule has 3 aromatic rings. The van der Waals surface area contributed by atoms with Crippen LogP contribution >= 0.6 is 0 Å². The molecular formula is C17H14N2O. The fourth-order valence-corrected chi connectivity index (χ4v) is 2.48. The lowest BCUT2D eigenvalue weighted by Gasteiger charge is -2.06. The molecule has 0 radical (unpaired) electrons. The third kappa shape index (κ3) is 1.83. The van der Waals surface area contributed by atoms with Crippen LogP contribution in [0.3, 0.4) is 0 Å². The standard InChI is InChI=1S/C17H14N2O/c1-11-7-8-15-13(9-11)14(10-18)17(19-15)12-5-3-4-6-16(12)20-2/h3-9,19H,1-2H3. The van der Waals surface area contributed by atoms with Gasteiger partial charge in [0.05, 0.1) is 18.4 Å². The number of nitrogens with zero attached hydrogens (tertiary/aromatic N) is 1. The number of nitriles is 1. The predicted octanol–water partition coefficient (Wildman–Crippen LogP) is 4.02. The number of hydrogen-bond donors (Lipinski definition) is 1. The highest BCUT2D eigenvalue weighted by atomic mass is 16.5. The van der Waals surface area contributed by atoms with Crippen molar-refractivity contribution in [3.05, 3.63) is 53.6 Å². The van der Waals surface area contributed by atoms with E-state index in [-0.39, 0.29) is 0 Å². The number of aromatic amines is 1. The number of rotatable bonds is 2. The molecule has 0 saturated heterocycles. The number of hydrogen-bond acceptors (Lipinski definition) is 2. The van der Waals surface area contributed by atoms with Crippen molar-refractivity contribution >= 4 is 10.9 Å². The molecule has 0 saturated carbocycles. The number of nitrogens with one attached hydrogen (secondary N) is 1. The minimum Gasteiger partial charge on any atom is -0.496 e. The molecule has 1 aromatic heterocycles. The number of aromatic nitrogens is 1. The molecule has 0 unspecified atom stereocenters. The van der Waals surface area contributed by atoms with E-state index < -0.39 is 0 Å². The number of aryl methyl sites for hydroxylation is 1. The second-order valence-electron chi connectivity index (χ2n) is 4.74. The molecule has 0 aliphatic heterocycles. The Hall–Kier alpha value is -2.73. The van der Waals surface area contributed by atoms with Crippen LogP contribution in [0.2, 0.25) is 0 Å². The van der Waals surface area contributed by atoms with Crippen LogP contribution in [-0.4, -0.2) is 12.1 Å². The third-order valence-electron chi connectivity index (χ3n) is 3.44. The average molecular weight is 262 g/mol. The van der Waals surface area contributed by atoms with E-state index >= 15 is 0 Å². The lowest BCUT2D eigenvalue weighted by atomic mass is 10.0. The van der Waals surface area contributed by atoms with Crippen LogP contribution in [0.5, 0.6) is 5.75 Å². The van der Waals surface area contributed by atoms with Crippen LogP contribution < -0.4 is 4.74 Å². The Bertz CT molecular complexity index is 825. The van der Waals surface area contributed by atoms with Gasteiger partial charge in [-0.3, -0.25) is 0 Å². The summed E-state index contributed by atoms with van der Waals surface area (Å²) in [6.07, 6.45) is 0. The molecule has 0 aliphatic carbocycles. The van der Waals surface area contributed by atoms with Crippen molar-refractivity contribution in [1.82, 2.24) is 4.98 Å². The summed E-state index contributed by atoms with van der Waals surface area (Å²) in [6.45, 7) is 2.02. The molecule has 1 N–H and O–H groups in total. The predicted molar refractivity (Wildman–Crippen MR) is 79.7 cm³/mol. The molecule has 0 aliphatic rings. The highest BCUT2D eigenvalue weighted by Gasteiger charge is 2.15. The van der Waals surface area contributed by atoms with Gasteiger partial charge in [0.2, 0.25) is 0 Å². The van der Waals surface area contributed by atoms with Gasteiger partial charge in [-0.1, -0.05) is 23.8 Å². The molecule has 0 atom stereocenters. The second kappa shape index (κ2) is 4.75. The van der Waals surface area contributed by atoms with Crippen LogP contribution in [0.4, 0.5) is 0 Å². The maximum Gasteiger partial charge on any atom is 0.128 e. The molecule has 0 amide bonds. The molecule has 2 aromatic carbocycles. The first-order valence-electron chi connectivity index (χ1n) is 6.40. The number of ether oxygens (including phenoxy) is 1. The minimum absolute atomic E-state index is 0.660. The lowest BCUT2D eigenvalue weighted by molar-refractivity contribution is 0.416. The first kappa shape index (κ1) is 12.3. The van der Waals surface area contributed by atoms with Gasteiger partial charge in [0.15, 0.2) is 0 Å². The number of methoxy groups -OCH3 is 1. The van der Waals surface area contributed by atoms with Gasteiger partial charge in [-0.05, 0) is 31.2 Å². The maximum absolute atomic E-state index is 9.51. The molecule has 3 nitrogen and oxygen atoms in total. The topological polar surface area (TPSA) is 48.8 Å². The first-order chi connectivity index (χ1) is 9.74. The van der Waals surface area contributed by atoms with E-state index in [1.165, 1.54) is 0 Å². The second-order valence-corrected chi connectivity index (χ2v) is 4.74.